The van der Waals surface area contributed by atoms with Crippen LogP contribution in [-0.2, 0) is 22.6 Å². The highest BCUT2D eigenvalue weighted by atomic mass is 32.1. The highest BCUT2D eigenvalue weighted by Crippen LogP contribution is 2.42. The molecule has 0 aliphatic carbocycles. The van der Waals surface area contributed by atoms with Crippen LogP contribution in [0.2, 0.25) is 0 Å². The van der Waals surface area contributed by atoms with Crippen LogP contribution in [0, 0.1) is 11.3 Å². The molecule has 1 N–H and O–H groups in total. The first-order valence-electron chi connectivity index (χ1n) is 8.98. The van der Waals surface area contributed by atoms with E-state index in [1.807, 2.05) is 11.3 Å². The molecule has 0 aromatic carbocycles. The number of carboxylic acids is 1. The molecule has 0 saturated carbocycles. The summed E-state index contributed by atoms with van der Waals surface area (Å²) < 4.78 is 5.51. The van der Waals surface area contributed by atoms with Gasteiger partial charge >= 0.3 is 5.97 Å². The Labute approximate surface area is 147 Å². The number of thiophene rings is 1. The van der Waals surface area contributed by atoms with Crippen LogP contribution in [0.15, 0.2) is 11.4 Å². The van der Waals surface area contributed by atoms with Gasteiger partial charge in [-0.3, -0.25) is 14.6 Å². The third-order valence-corrected chi connectivity index (χ3v) is 6.82. The molecule has 2 atom stereocenters. The molecular weight excluding hydrogens is 324 g/mol. The van der Waals surface area contributed by atoms with Crippen LogP contribution in [0.3, 0.4) is 0 Å². The van der Waals surface area contributed by atoms with E-state index in [0.29, 0.717) is 19.8 Å². The highest BCUT2D eigenvalue weighted by Gasteiger charge is 2.53. The molecule has 0 radical (unpaired) electrons. The van der Waals surface area contributed by atoms with Gasteiger partial charge < -0.3 is 9.84 Å². The third-order valence-electron chi connectivity index (χ3n) is 5.85. The van der Waals surface area contributed by atoms with E-state index in [1.54, 1.807) is 0 Å². The van der Waals surface area contributed by atoms with Crippen LogP contribution < -0.4 is 0 Å². The fraction of sp³-hybridized carbons (Fsp3) is 0.722. The van der Waals surface area contributed by atoms with Crippen LogP contribution in [0.5, 0.6) is 0 Å². The predicted molar refractivity (Wildman–Crippen MR) is 93.1 cm³/mol. The van der Waals surface area contributed by atoms with Gasteiger partial charge in [-0.15, -0.1) is 11.3 Å². The van der Waals surface area contributed by atoms with Gasteiger partial charge in [0.15, 0.2) is 0 Å². The zero-order valence-electron chi connectivity index (χ0n) is 14.1. The first-order chi connectivity index (χ1) is 11.7. The Morgan fingerprint density at radius 1 is 1.33 bits per heavy atom. The molecule has 3 saturated heterocycles. The number of carboxylic acid groups (broad SMARTS) is 1. The number of hydrogen-bond donors (Lipinski definition) is 1. The number of rotatable bonds is 5. The number of likely N-dealkylation sites (tertiary alicyclic amines) is 2. The summed E-state index contributed by atoms with van der Waals surface area (Å²) in [5.74, 6) is -0.455. The maximum atomic E-state index is 11.8. The SMILES string of the molecule is O=C(O)[C@]12COCC[C@H]1CN(Cc1cc(CN3CCCC3)cs1)C2. The normalized spacial score (nSPS) is 31.4. The van der Waals surface area contributed by atoms with Crippen molar-refractivity contribution >= 4 is 17.3 Å². The Bertz CT molecular complexity index is 599. The van der Waals surface area contributed by atoms with Crippen molar-refractivity contribution in [3.05, 3.63) is 21.9 Å². The Morgan fingerprint density at radius 2 is 2.17 bits per heavy atom. The lowest BCUT2D eigenvalue weighted by Gasteiger charge is -2.34. The van der Waals surface area contributed by atoms with E-state index >= 15 is 0 Å². The van der Waals surface area contributed by atoms with Crippen molar-refractivity contribution in [2.45, 2.75) is 32.4 Å². The molecule has 4 rings (SSSR count). The molecule has 0 bridgehead atoms. The minimum Gasteiger partial charge on any atom is -0.481 e. The van der Waals surface area contributed by atoms with Gasteiger partial charge in [0.25, 0.3) is 0 Å². The smallest absolute Gasteiger partial charge is 0.313 e. The quantitative estimate of drug-likeness (QED) is 0.883. The molecule has 5 nitrogen and oxygen atoms in total. The predicted octanol–water partition coefficient (Wildman–Crippen LogP) is 2.27. The summed E-state index contributed by atoms with van der Waals surface area (Å²) in [6.45, 7) is 6.95. The monoisotopic (exact) mass is 350 g/mol. The number of nitrogens with zero attached hydrogens (tertiary/aromatic N) is 2. The molecule has 4 heterocycles. The summed E-state index contributed by atoms with van der Waals surface area (Å²) in [7, 11) is 0. The third kappa shape index (κ3) is 3.12. The van der Waals surface area contributed by atoms with Crippen molar-refractivity contribution in [3.8, 4) is 0 Å². The number of ether oxygens (including phenoxy) is 1. The summed E-state index contributed by atoms with van der Waals surface area (Å²) in [6, 6.07) is 2.31. The molecule has 3 aliphatic heterocycles. The topological polar surface area (TPSA) is 53.0 Å². The van der Waals surface area contributed by atoms with Gasteiger partial charge in [-0.1, -0.05) is 0 Å². The Kier molecular flexibility index (Phi) is 4.64. The van der Waals surface area contributed by atoms with E-state index in [4.69, 9.17) is 4.74 Å². The van der Waals surface area contributed by atoms with Crippen molar-refractivity contribution in [3.63, 3.8) is 0 Å². The van der Waals surface area contributed by atoms with E-state index in [-0.39, 0.29) is 5.92 Å². The van der Waals surface area contributed by atoms with E-state index in [0.717, 1.165) is 26.1 Å². The van der Waals surface area contributed by atoms with Gasteiger partial charge in [-0.25, -0.2) is 0 Å². The highest BCUT2D eigenvalue weighted by molar-refractivity contribution is 7.10. The number of carbonyl (C=O) groups is 1. The second-order valence-corrected chi connectivity index (χ2v) is 8.57. The average molecular weight is 350 g/mol. The van der Waals surface area contributed by atoms with Crippen LogP contribution in [-0.4, -0.2) is 60.3 Å². The Balaban J connectivity index is 1.39. The second kappa shape index (κ2) is 6.75. The second-order valence-electron chi connectivity index (χ2n) is 7.57. The molecule has 24 heavy (non-hydrogen) atoms. The van der Waals surface area contributed by atoms with Crippen molar-refractivity contribution in [1.29, 1.82) is 0 Å². The lowest BCUT2D eigenvalue weighted by Crippen LogP contribution is -2.46. The summed E-state index contributed by atoms with van der Waals surface area (Å²) in [5, 5.41) is 12.0. The van der Waals surface area contributed by atoms with Gasteiger partial charge in [0.2, 0.25) is 0 Å². The molecule has 3 fully saturated rings. The minimum atomic E-state index is -0.687. The minimum absolute atomic E-state index is 0.229. The zero-order valence-corrected chi connectivity index (χ0v) is 14.9. The lowest BCUT2D eigenvalue weighted by atomic mass is 9.76. The first kappa shape index (κ1) is 16.5. The van der Waals surface area contributed by atoms with E-state index in [2.05, 4.69) is 21.2 Å². The summed E-state index contributed by atoms with van der Waals surface area (Å²) in [6.07, 6.45) is 3.52. The Hall–Kier alpha value is -0.950. The molecule has 132 valence electrons. The van der Waals surface area contributed by atoms with Crippen molar-refractivity contribution in [1.82, 2.24) is 9.80 Å². The van der Waals surface area contributed by atoms with E-state index in [9.17, 15) is 9.90 Å². The maximum Gasteiger partial charge on any atom is 0.313 e. The van der Waals surface area contributed by atoms with Gasteiger partial charge in [0, 0.05) is 37.7 Å². The number of aliphatic carboxylic acids is 1. The van der Waals surface area contributed by atoms with E-state index in [1.165, 1.54) is 36.4 Å². The van der Waals surface area contributed by atoms with Gasteiger partial charge in [-0.2, -0.15) is 0 Å². The number of fused-ring (bicyclic) bond motifs is 1. The maximum absolute atomic E-state index is 11.8. The van der Waals surface area contributed by atoms with Crippen LogP contribution in [0.1, 0.15) is 29.7 Å². The first-order valence-corrected chi connectivity index (χ1v) is 9.86. The summed E-state index contributed by atoms with van der Waals surface area (Å²) in [4.78, 5) is 18.0. The van der Waals surface area contributed by atoms with Crippen molar-refractivity contribution < 1.29 is 14.6 Å². The fourth-order valence-corrected chi connectivity index (χ4v) is 5.45. The van der Waals surface area contributed by atoms with E-state index < -0.39 is 11.4 Å². The molecule has 0 spiro atoms. The molecule has 0 amide bonds. The van der Waals surface area contributed by atoms with Crippen LogP contribution >= 0.6 is 11.3 Å². The average Bonchev–Trinajstić information content (AvgIpc) is 3.28. The fourth-order valence-electron chi connectivity index (χ4n) is 4.53. The largest absolute Gasteiger partial charge is 0.481 e. The molecule has 0 unspecified atom stereocenters. The molecule has 1 aromatic heterocycles. The Morgan fingerprint density at radius 3 is 2.92 bits per heavy atom. The number of hydrogen-bond acceptors (Lipinski definition) is 5. The molecule has 3 aliphatic rings. The van der Waals surface area contributed by atoms with Crippen molar-refractivity contribution in [2.75, 3.05) is 39.4 Å². The lowest BCUT2D eigenvalue weighted by molar-refractivity contribution is -0.159. The molecule has 1 aromatic rings. The van der Waals surface area contributed by atoms with Crippen LogP contribution in [0.25, 0.3) is 0 Å². The van der Waals surface area contributed by atoms with Crippen LogP contribution in [0.4, 0.5) is 0 Å². The zero-order chi connectivity index (χ0) is 16.6. The van der Waals surface area contributed by atoms with Gasteiger partial charge in [-0.05, 0) is 55.3 Å². The van der Waals surface area contributed by atoms with Gasteiger partial charge in [0.05, 0.1) is 6.61 Å². The standard InChI is InChI=1S/C18H26N2O3S/c21-17(22)18-12-20(9-15(18)3-6-23-13-18)10-16-7-14(11-24-16)8-19-4-1-2-5-19/h7,11,15H,1-6,8-10,12-13H2,(H,21,22)/t15-,18+/m0/s1. The molecular formula is C18H26N2O3S. The summed E-state index contributed by atoms with van der Waals surface area (Å²) in [5.41, 5.74) is 0.721. The van der Waals surface area contributed by atoms with Gasteiger partial charge in [0.1, 0.15) is 5.41 Å². The molecule has 6 heteroatoms. The van der Waals surface area contributed by atoms with Crippen molar-refractivity contribution in [2.24, 2.45) is 11.3 Å². The summed E-state index contributed by atoms with van der Waals surface area (Å²) >= 11 is 1.81.